The van der Waals surface area contributed by atoms with E-state index in [1.807, 2.05) is 66.3 Å². The molecular weight excluding hydrogens is 303 g/mol. The molecule has 0 saturated carbocycles. The number of alkyl halides is 1. The highest BCUT2D eigenvalue weighted by Crippen LogP contribution is 2.31. The Bertz CT molecular complexity index is 730. The molecule has 0 bridgehead atoms. The number of benzene rings is 2. The molecule has 0 radical (unpaired) electrons. The fourth-order valence-corrected chi connectivity index (χ4v) is 2.83. The summed E-state index contributed by atoms with van der Waals surface area (Å²) < 4.78 is 1.82. The lowest BCUT2D eigenvalue weighted by molar-refractivity contribution is 0.880. The van der Waals surface area contributed by atoms with E-state index < -0.39 is 0 Å². The van der Waals surface area contributed by atoms with Crippen molar-refractivity contribution in [3.8, 4) is 5.69 Å². The smallest absolute Gasteiger partial charge is 0.0866 e. The summed E-state index contributed by atoms with van der Waals surface area (Å²) in [6, 6.07) is 15.8. The van der Waals surface area contributed by atoms with Crippen LogP contribution in [0.3, 0.4) is 0 Å². The fraction of sp³-hybridized carbons (Fsp3) is 0.118. The zero-order valence-electron chi connectivity index (χ0n) is 11.5. The number of rotatable bonds is 3. The Hall–Kier alpha value is -1.77. The lowest BCUT2D eigenvalue weighted by Gasteiger charge is -2.09. The van der Waals surface area contributed by atoms with Crippen molar-refractivity contribution in [2.24, 2.45) is 0 Å². The number of hydrogen-bond donors (Lipinski definition) is 0. The van der Waals surface area contributed by atoms with Gasteiger partial charge in [-0.25, -0.2) is 4.68 Å². The van der Waals surface area contributed by atoms with E-state index in [9.17, 15) is 0 Å². The molecular formula is C17H14Cl2N2. The molecule has 106 valence electrons. The van der Waals surface area contributed by atoms with Crippen molar-refractivity contribution in [1.29, 1.82) is 0 Å². The largest absolute Gasteiger partial charge is 0.241 e. The van der Waals surface area contributed by atoms with Crippen molar-refractivity contribution >= 4 is 23.2 Å². The van der Waals surface area contributed by atoms with Gasteiger partial charge in [0.1, 0.15) is 0 Å². The molecule has 1 heterocycles. The first kappa shape index (κ1) is 14.2. The van der Waals surface area contributed by atoms with E-state index in [-0.39, 0.29) is 5.38 Å². The Balaban J connectivity index is 1.92. The van der Waals surface area contributed by atoms with E-state index >= 15 is 0 Å². The molecule has 0 spiro atoms. The highest BCUT2D eigenvalue weighted by atomic mass is 35.5. The first-order chi connectivity index (χ1) is 10.1. The number of hydrogen-bond acceptors (Lipinski definition) is 1. The predicted octanol–water partition coefficient (Wildman–Crippen LogP) is 5.16. The van der Waals surface area contributed by atoms with Gasteiger partial charge in [-0.1, -0.05) is 35.9 Å². The van der Waals surface area contributed by atoms with Crippen LogP contribution in [0.4, 0.5) is 0 Å². The molecule has 0 aliphatic rings. The standard InChI is InChI=1S/C17H14Cl2N2/c1-12-7-13(9-15(18)8-12)17(19)14-10-20-21(11-14)16-5-3-2-4-6-16/h2-11,17H,1H3. The number of para-hydroxylation sites is 1. The SMILES string of the molecule is Cc1cc(Cl)cc(C(Cl)c2cnn(-c3ccccc3)c2)c1. The fourth-order valence-electron chi connectivity index (χ4n) is 2.29. The summed E-state index contributed by atoms with van der Waals surface area (Å²) in [6.45, 7) is 2.01. The first-order valence-electron chi connectivity index (χ1n) is 6.64. The maximum absolute atomic E-state index is 6.56. The summed E-state index contributed by atoms with van der Waals surface area (Å²) in [7, 11) is 0. The van der Waals surface area contributed by atoms with Gasteiger partial charge in [0.25, 0.3) is 0 Å². The van der Waals surface area contributed by atoms with Crippen molar-refractivity contribution in [3.05, 3.63) is 82.6 Å². The molecule has 0 saturated heterocycles. The van der Waals surface area contributed by atoms with Crippen molar-refractivity contribution in [2.75, 3.05) is 0 Å². The van der Waals surface area contributed by atoms with Crippen LogP contribution >= 0.6 is 23.2 Å². The Kier molecular flexibility index (Phi) is 4.00. The minimum atomic E-state index is -0.264. The van der Waals surface area contributed by atoms with Gasteiger partial charge in [-0.05, 0) is 42.3 Å². The quantitative estimate of drug-likeness (QED) is 0.610. The Morgan fingerprint density at radius 2 is 1.81 bits per heavy atom. The summed E-state index contributed by atoms with van der Waals surface area (Å²) in [5.74, 6) is 0. The minimum Gasteiger partial charge on any atom is -0.241 e. The van der Waals surface area contributed by atoms with Gasteiger partial charge in [-0.2, -0.15) is 5.10 Å². The molecule has 3 rings (SSSR count). The van der Waals surface area contributed by atoms with Gasteiger partial charge >= 0.3 is 0 Å². The Morgan fingerprint density at radius 1 is 1.05 bits per heavy atom. The van der Waals surface area contributed by atoms with Crippen molar-refractivity contribution < 1.29 is 0 Å². The average molecular weight is 317 g/mol. The summed E-state index contributed by atoms with van der Waals surface area (Å²) in [4.78, 5) is 0. The van der Waals surface area contributed by atoms with Gasteiger partial charge in [-0.15, -0.1) is 11.6 Å². The van der Waals surface area contributed by atoms with Crippen LogP contribution in [0.25, 0.3) is 5.69 Å². The zero-order chi connectivity index (χ0) is 14.8. The van der Waals surface area contributed by atoms with Gasteiger partial charge < -0.3 is 0 Å². The second-order valence-corrected chi connectivity index (χ2v) is 5.85. The normalized spacial score (nSPS) is 12.3. The Morgan fingerprint density at radius 3 is 2.52 bits per heavy atom. The summed E-state index contributed by atoms with van der Waals surface area (Å²) in [5, 5.41) is 4.81. The lowest BCUT2D eigenvalue weighted by atomic mass is 10.1. The van der Waals surface area contributed by atoms with Gasteiger partial charge in [0.05, 0.1) is 17.3 Å². The zero-order valence-corrected chi connectivity index (χ0v) is 13.0. The molecule has 21 heavy (non-hydrogen) atoms. The van der Waals surface area contributed by atoms with Crippen LogP contribution in [0.2, 0.25) is 5.02 Å². The number of halogens is 2. The van der Waals surface area contributed by atoms with Crippen molar-refractivity contribution in [1.82, 2.24) is 9.78 Å². The van der Waals surface area contributed by atoms with Crippen LogP contribution < -0.4 is 0 Å². The van der Waals surface area contributed by atoms with Gasteiger partial charge in [0.2, 0.25) is 0 Å². The molecule has 1 aromatic heterocycles. The molecule has 0 amide bonds. The summed E-state index contributed by atoms with van der Waals surface area (Å²) in [5.41, 5.74) is 4.03. The third kappa shape index (κ3) is 3.12. The molecule has 0 N–H and O–H groups in total. The van der Waals surface area contributed by atoms with Crippen LogP contribution in [-0.2, 0) is 0 Å². The average Bonchev–Trinajstić information content (AvgIpc) is 2.96. The van der Waals surface area contributed by atoms with E-state index in [0.717, 1.165) is 22.4 Å². The van der Waals surface area contributed by atoms with E-state index in [2.05, 4.69) is 5.10 Å². The lowest BCUT2D eigenvalue weighted by Crippen LogP contribution is -1.94. The van der Waals surface area contributed by atoms with E-state index in [4.69, 9.17) is 23.2 Å². The number of aryl methyl sites for hydroxylation is 1. The molecule has 1 unspecified atom stereocenters. The van der Waals surface area contributed by atoms with Crippen LogP contribution in [0.15, 0.2) is 60.9 Å². The number of aromatic nitrogens is 2. The van der Waals surface area contributed by atoms with E-state index in [1.165, 1.54) is 0 Å². The van der Waals surface area contributed by atoms with Gasteiger partial charge in [0, 0.05) is 16.8 Å². The second-order valence-electron chi connectivity index (χ2n) is 4.98. The van der Waals surface area contributed by atoms with Crippen molar-refractivity contribution in [2.45, 2.75) is 12.3 Å². The van der Waals surface area contributed by atoms with E-state index in [1.54, 1.807) is 6.20 Å². The Labute approximate surface area is 133 Å². The van der Waals surface area contributed by atoms with E-state index in [0.29, 0.717) is 5.02 Å². The second kappa shape index (κ2) is 5.92. The summed E-state index contributed by atoms with van der Waals surface area (Å²) >= 11 is 12.7. The van der Waals surface area contributed by atoms with Crippen LogP contribution in [0.1, 0.15) is 22.1 Å². The molecule has 1 atom stereocenters. The van der Waals surface area contributed by atoms with Gasteiger partial charge in [0.15, 0.2) is 0 Å². The maximum Gasteiger partial charge on any atom is 0.0866 e. The third-order valence-corrected chi connectivity index (χ3v) is 4.00. The van der Waals surface area contributed by atoms with Crippen LogP contribution in [0.5, 0.6) is 0 Å². The molecule has 0 fully saturated rings. The van der Waals surface area contributed by atoms with Crippen molar-refractivity contribution in [3.63, 3.8) is 0 Å². The first-order valence-corrected chi connectivity index (χ1v) is 7.46. The number of nitrogens with zero attached hydrogens (tertiary/aromatic N) is 2. The minimum absolute atomic E-state index is 0.264. The highest BCUT2D eigenvalue weighted by molar-refractivity contribution is 6.31. The molecule has 0 aliphatic heterocycles. The molecule has 2 nitrogen and oxygen atoms in total. The van der Waals surface area contributed by atoms with Crippen LogP contribution in [-0.4, -0.2) is 9.78 Å². The molecule has 3 aromatic rings. The molecule has 2 aromatic carbocycles. The monoisotopic (exact) mass is 316 g/mol. The van der Waals surface area contributed by atoms with Gasteiger partial charge in [-0.3, -0.25) is 0 Å². The topological polar surface area (TPSA) is 17.8 Å². The highest BCUT2D eigenvalue weighted by Gasteiger charge is 2.14. The molecule has 4 heteroatoms. The van der Waals surface area contributed by atoms with Crippen LogP contribution in [0, 0.1) is 6.92 Å². The summed E-state index contributed by atoms with van der Waals surface area (Å²) in [6.07, 6.45) is 3.74. The maximum atomic E-state index is 6.56. The molecule has 0 aliphatic carbocycles. The predicted molar refractivity (Wildman–Crippen MR) is 87.4 cm³/mol. The third-order valence-electron chi connectivity index (χ3n) is 3.27.